The summed E-state index contributed by atoms with van der Waals surface area (Å²) in [5.41, 5.74) is 1.39. The van der Waals surface area contributed by atoms with Gasteiger partial charge in [-0.1, -0.05) is 42.5 Å². The fourth-order valence-electron chi connectivity index (χ4n) is 3.94. The third-order valence-electron chi connectivity index (χ3n) is 5.13. The Balaban J connectivity index is 1.50. The molecule has 0 radical (unpaired) electrons. The number of nitrogens with zero attached hydrogens (tertiary/aromatic N) is 3. The van der Waals surface area contributed by atoms with Gasteiger partial charge in [-0.2, -0.15) is 0 Å². The fourth-order valence-corrected chi connectivity index (χ4v) is 4.47. The molecule has 122 valence electrons. The lowest BCUT2D eigenvalue weighted by molar-refractivity contribution is -0.143. The number of hydrogen-bond acceptors (Lipinski definition) is 2. The molecule has 2 fully saturated rings. The molecule has 1 amide bonds. The minimum absolute atomic E-state index is 0.179. The maximum absolute atomic E-state index is 12.6. The molecule has 0 N–H and O–H groups in total. The molecule has 1 saturated heterocycles. The lowest BCUT2D eigenvalue weighted by atomic mass is 9.84. The van der Waals surface area contributed by atoms with Gasteiger partial charge in [0.1, 0.15) is 0 Å². The number of hydrogen-bond donors (Lipinski definition) is 0. The summed E-state index contributed by atoms with van der Waals surface area (Å²) in [5, 5.41) is 1.06. The van der Waals surface area contributed by atoms with Gasteiger partial charge in [-0.05, 0) is 24.8 Å². The van der Waals surface area contributed by atoms with Crippen LogP contribution in [0.2, 0.25) is 10.0 Å². The first-order valence-corrected chi connectivity index (χ1v) is 8.99. The van der Waals surface area contributed by atoms with Crippen molar-refractivity contribution < 1.29 is 4.79 Å². The van der Waals surface area contributed by atoms with Crippen LogP contribution in [0.1, 0.15) is 37.8 Å². The molecule has 1 aliphatic carbocycles. The van der Waals surface area contributed by atoms with E-state index in [2.05, 4.69) is 9.88 Å². The van der Waals surface area contributed by atoms with E-state index in [1.807, 2.05) is 6.20 Å². The molecular formula is C17H19Cl2N3O. The molecule has 4 nitrogen and oxygen atoms in total. The molecule has 2 aliphatic rings. The Bertz CT molecular complexity index is 758. The summed E-state index contributed by atoms with van der Waals surface area (Å²) >= 11 is 12.2. The summed E-state index contributed by atoms with van der Waals surface area (Å²) in [4.78, 5) is 19.1. The van der Waals surface area contributed by atoms with E-state index in [1.165, 1.54) is 25.7 Å². The first-order chi connectivity index (χ1) is 11.1. The number of pyridine rings is 1. The highest BCUT2D eigenvalue weighted by Crippen LogP contribution is 2.36. The van der Waals surface area contributed by atoms with Crippen LogP contribution in [-0.4, -0.2) is 32.8 Å². The monoisotopic (exact) mass is 351 g/mol. The number of fused-ring (bicyclic) bond motifs is 2. The topological polar surface area (TPSA) is 37.6 Å². The van der Waals surface area contributed by atoms with E-state index in [4.69, 9.17) is 23.2 Å². The molecule has 0 aromatic carbocycles. The molecule has 2 atom stereocenters. The summed E-state index contributed by atoms with van der Waals surface area (Å²) in [6.45, 7) is 0.920. The van der Waals surface area contributed by atoms with Crippen LogP contribution in [0.3, 0.4) is 0 Å². The maximum atomic E-state index is 12.6. The molecule has 23 heavy (non-hydrogen) atoms. The zero-order valence-electron chi connectivity index (χ0n) is 12.8. The van der Waals surface area contributed by atoms with E-state index in [-0.39, 0.29) is 5.91 Å². The van der Waals surface area contributed by atoms with Crippen molar-refractivity contribution in [3.05, 3.63) is 34.2 Å². The summed E-state index contributed by atoms with van der Waals surface area (Å²) in [6, 6.07) is 2.13. The number of carbonyl (C=O) groups excluding carboxylic acids is 1. The average molecular weight is 352 g/mol. The molecule has 0 unspecified atom stereocenters. The van der Waals surface area contributed by atoms with E-state index >= 15 is 0 Å². The molecule has 0 spiro atoms. The molecular weight excluding hydrogens is 333 g/mol. The summed E-state index contributed by atoms with van der Waals surface area (Å²) in [7, 11) is 0. The molecule has 3 heterocycles. The van der Waals surface area contributed by atoms with E-state index in [0.29, 0.717) is 28.2 Å². The number of likely N-dealkylation sites (tertiary alicyclic amines) is 1. The second kappa shape index (κ2) is 5.99. The normalized spacial score (nSPS) is 24.2. The van der Waals surface area contributed by atoms with Crippen LogP contribution in [0.25, 0.3) is 5.65 Å². The second-order valence-electron chi connectivity index (χ2n) is 6.66. The molecule has 4 rings (SSSR count). The van der Waals surface area contributed by atoms with Gasteiger partial charge in [0, 0.05) is 25.0 Å². The van der Waals surface area contributed by atoms with E-state index in [0.717, 1.165) is 24.6 Å². The maximum Gasteiger partial charge on any atom is 0.228 e. The Morgan fingerprint density at radius 1 is 1.22 bits per heavy atom. The first kappa shape index (κ1) is 15.3. The van der Waals surface area contributed by atoms with Crippen molar-refractivity contribution in [3.63, 3.8) is 0 Å². The Labute approximate surface area is 145 Å². The Morgan fingerprint density at radius 2 is 2.04 bits per heavy atom. The van der Waals surface area contributed by atoms with Gasteiger partial charge in [0.15, 0.2) is 5.65 Å². The van der Waals surface area contributed by atoms with Crippen molar-refractivity contribution in [2.45, 2.75) is 44.6 Å². The minimum Gasteiger partial charge on any atom is -0.339 e. The molecule has 2 aromatic rings. The van der Waals surface area contributed by atoms with E-state index in [9.17, 15) is 4.79 Å². The third-order valence-corrected chi connectivity index (χ3v) is 5.61. The predicted molar refractivity (Wildman–Crippen MR) is 91.0 cm³/mol. The zero-order valence-corrected chi connectivity index (χ0v) is 14.4. The lowest BCUT2D eigenvalue weighted by Crippen LogP contribution is -2.58. The van der Waals surface area contributed by atoms with Crippen molar-refractivity contribution in [2.24, 2.45) is 5.92 Å². The summed E-state index contributed by atoms with van der Waals surface area (Å²) < 4.78 is 1.79. The van der Waals surface area contributed by atoms with Gasteiger partial charge in [-0.25, -0.2) is 4.98 Å². The Hall–Kier alpha value is -1.26. The molecule has 1 aliphatic heterocycles. The Morgan fingerprint density at radius 3 is 2.91 bits per heavy atom. The van der Waals surface area contributed by atoms with Crippen molar-refractivity contribution in [2.75, 3.05) is 6.54 Å². The van der Waals surface area contributed by atoms with Crippen LogP contribution in [-0.2, 0) is 11.2 Å². The van der Waals surface area contributed by atoms with Crippen LogP contribution in [0.4, 0.5) is 0 Å². The SMILES string of the molecule is O=C(Cc1cn2cc(Cl)cc(Cl)c2n1)N1C[C@@H]2CCCCC[C@@H]21. The van der Waals surface area contributed by atoms with Gasteiger partial charge in [0.25, 0.3) is 0 Å². The largest absolute Gasteiger partial charge is 0.339 e. The van der Waals surface area contributed by atoms with Gasteiger partial charge in [-0.15, -0.1) is 0 Å². The van der Waals surface area contributed by atoms with Crippen LogP contribution in [0.5, 0.6) is 0 Å². The summed E-state index contributed by atoms with van der Waals surface area (Å²) in [5.74, 6) is 0.898. The van der Waals surface area contributed by atoms with Gasteiger partial charge < -0.3 is 9.30 Å². The smallest absolute Gasteiger partial charge is 0.228 e. The molecule has 2 aromatic heterocycles. The number of halogens is 2. The number of aromatic nitrogens is 2. The van der Waals surface area contributed by atoms with E-state index in [1.54, 1.807) is 16.7 Å². The quantitative estimate of drug-likeness (QED) is 0.820. The van der Waals surface area contributed by atoms with E-state index < -0.39 is 0 Å². The van der Waals surface area contributed by atoms with Crippen molar-refractivity contribution in [1.29, 1.82) is 0 Å². The van der Waals surface area contributed by atoms with Gasteiger partial charge >= 0.3 is 0 Å². The molecule has 0 bridgehead atoms. The van der Waals surface area contributed by atoms with Crippen LogP contribution >= 0.6 is 23.2 Å². The highest BCUT2D eigenvalue weighted by atomic mass is 35.5. The highest BCUT2D eigenvalue weighted by molar-refractivity contribution is 6.36. The number of amides is 1. The van der Waals surface area contributed by atoms with Gasteiger partial charge in [-0.3, -0.25) is 4.79 Å². The van der Waals surface area contributed by atoms with Gasteiger partial charge in [0.05, 0.1) is 22.2 Å². The lowest BCUT2D eigenvalue weighted by Gasteiger charge is -2.47. The summed E-state index contributed by atoms with van der Waals surface area (Å²) in [6.07, 6.45) is 10.2. The highest BCUT2D eigenvalue weighted by Gasteiger charge is 2.41. The number of carbonyl (C=O) groups is 1. The first-order valence-electron chi connectivity index (χ1n) is 8.24. The van der Waals surface area contributed by atoms with Crippen molar-refractivity contribution >= 4 is 34.8 Å². The molecule has 1 saturated carbocycles. The zero-order chi connectivity index (χ0) is 16.0. The standard InChI is InChI=1S/C17H19Cl2N3O/c18-12-6-14(19)17-20-13(10-21(17)9-12)7-16(23)22-8-11-4-2-1-3-5-15(11)22/h6,9-11,15H,1-5,7-8H2/t11-,15-/m0/s1. The van der Waals surface area contributed by atoms with Crippen LogP contribution in [0, 0.1) is 5.92 Å². The van der Waals surface area contributed by atoms with Crippen LogP contribution < -0.4 is 0 Å². The number of rotatable bonds is 2. The third kappa shape index (κ3) is 2.83. The minimum atomic E-state index is 0.179. The van der Waals surface area contributed by atoms with Crippen molar-refractivity contribution in [1.82, 2.24) is 14.3 Å². The van der Waals surface area contributed by atoms with Crippen LogP contribution in [0.15, 0.2) is 18.5 Å². The second-order valence-corrected chi connectivity index (χ2v) is 7.50. The van der Waals surface area contributed by atoms with Crippen molar-refractivity contribution in [3.8, 4) is 0 Å². The fraction of sp³-hybridized carbons (Fsp3) is 0.529. The van der Waals surface area contributed by atoms with Gasteiger partial charge in [0.2, 0.25) is 5.91 Å². The Kier molecular flexibility index (Phi) is 3.98. The number of imidazole rings is 1. The average Bonchev–Trinajstić information content (AvgIpc) is 2.77. The predicted octanol–water partition coefficient (Wildman–Crippen LogP) is 3.97. The molecule has 6 heteroatoms.